The second-order valence-corrected chi connectivity index (χ2v) is 6.23. The van der Waals surface area contributed by atoms with Crippen LogP contribution in [-0.4, -0.2) is 31.6 Å². The molecule has 0 saturated carbocycles. The number of methoxy groups -OCH3 is 1. The molecule has 0 saturated heterocycles. The van der Waals surface area contributed by atoms with E-state index in [1.165, 1.54) is 19.2 Å². The molecule has 0 amide bonds. The van der Waals surface area contributed by atoms with Crippen LogP contribution in [0.5, 0.6) is 5.75 Å². The van der Waals surface area contributed by atoms with Gasteiger partial charge in [0.2, 0.25) is 0 Å². The van der Waals surface area contributed by atoms with Crippen LogP contribution in [0.15, 0.2) is 30.3 Å². The molecule has 0 aromatic heterocycles. The van der Waals surface area contributed by atoms with Crippen LogP contribution in [0.4, 0.5) is 11.4 Å². The Morgan fingerprint density at radius 1 is 1.08 bits per heavy atom. The van der Waals surface area contributed by atoms with E-state index >= 15 is 0 Å². The monoisotopic (exact) mass is 348 g/mol. The van der Waals surface area contributed by atoms with Gasteiger partial charge in [0.1, 0.15) is 5.75 Å². The second kappa shape index (κ2) is 5.32. The van der Waals surface area contributed by atoms with Gasteiger partial charge in [0.25, 0.3) is 0 Å². The Balaban J connectivity index is 2.38. The topological polar surface area (TPSA) is 136 Å². The third-order valence-corrected chi connectivity index (χ3v) is 4.14. The lowest BCUT2D eigenvalue weighted by molar-refractivity contribution is 0.0980. The molecule has 1 aliphatic carbocycles. The lowest BCUT2D eigenvalue weighted by Gasteiger charge is -2.23. The van der Waals surface area contributed by atoms with Crippen LogP contribution in [0.25, 0.3) is 0 Å². The second-order valence-electron chi connectivity index (χ2n) is 5.07. The first kappa shape index (κ1) is 16.0. The lowest BCUT2D eigenvalue weighted by Crippen LogP contribution is -2.25. The van der Waals surface area contributed by atoms with Gasteiger partial charge < -0.3 is 10.5 Å². The van der Waals surface area contributed by atoms with E-state index in [2.05, 4.69) is 0 Å². The summed E-state index contributed by atoms with van der Waals surface area (Å²) in [6.45, 7) is 0. The molecule has 0 aliphatic heterocycles. The van der Waals surface area contributed by atoms with Crippen molar-refractivity contribution in [3.05, 3.63) is 52.6 Å². The summed E-state index contributed by atoms with van der Waals surface area (Å²) in [5.74, 6) is -1.11. The van der Waals surface area contributed by atoms with Gasteiger partial charge in [0.15, 0.2) is 11.6 Å². The molecule has 9 heteroatoms. The molecule has 3 rings (SSSR count). The average molecular weight is 348 g/mol. The number of fused-ring (bicyclic) bond motifs is 2. The van der Waals surface area contributed by atoms with E-state index in [1.54, 1.807) is 12.1 Å². The number of hydrogen-bond acceptors (Lipinski definition) is 6. The van der Waals surface area contributed by atoms with E-state index in [0.29, 0.717) is 0 Å². The fourth-order valence-electron chi connectivity index (χ4n) is 2.68. The zero-order valence-electron chi connectivity index (χ0n) is 12.4. The van der Waals surface area contributed by atoms with E-state index in [-0.39, 0.29) is 39.4 Å². The van der Waals surface area contributed by atoms with Gasteiger partial charge >= 0.3 is 10.3 Å². The van der Waals surface area contributed by atoms with Crippen molar-refractivity contribution in [3.63, 3.8) is 0 Å². The van der Waals surface area contributed by atoms with Gasteiger partial charge in [0.05, 0.1) is 29.6 Å². The highest BCUT2D eigenvalue weighted by Gasteiger charge is 2.35. The van der Waals surface area contributed by atoms with Crippen LogP contribution in [0.2, 0.25) is 0 Å². The predicted molar refractivity (Wildman–Crippen MR) is 85.9 cm³/mol. The first-order chi connectivity index (χ1) is 11.2. The number of rotatable bonds is 3. The van der Waals surface area contributed by atoms with Crippen LogP contribution in [0, 0.1) is 0 Å². The molecule has 2 aromatic carbocycles. The number of anilines is 2. The van der Waals surface area contributed by atoms with Gasteiger partial charge in [0, 0.05) is 17.2 Å². The minimum Gasteiger partial charge on any atom is -0.494 e. The fourth-order valence-corrected chi connectivity index (χ4v) is 3.12. The molecule has 1 aliphatic rings. The molecule has 0 heterocycles. The van der Waals surface area contributed by atoms with E-state index in [0.717, 1.165) is 6.07 Å². The van der Waals surface area contributed by atoms with E-state index < -0.39 is 21.9 Å². The molecule has 2 aromatic rings. The largest absolute Gasteiger partial charge is 0.494 e. The zero-order chi connectivity index (χ0) is 17.6. The SMILES string of the molecule is COc1cc(NS(=O)(=O)O)c2c(c1N)C(=O)c1ccccc1C2=O. The molecule has 124 valence electrons. The molecular formula is C15H12N2O6S. The van der Waals surface area contributed by atoms with Crippen molar-refractivity contribution in [3.8, 4) is 5.75 Å². The zero-order valence-corrected chi connectivity index (χ0v) is 13.2. The summed E-state index contributed by atoms with van der Waals surface area (Å²) in [5.41, 5.74) is 5.44. The highest BCUT2D eigenvalue weighted by molar-refractivity contribution is 7.87. The first-order valence-electron chi connectivity index (χ1n) is 6.68. The number of carbonyl (C=O) groups is 2. The average Bonchev–Trinajstić information content (AvgIpc) is 2.52. The summed E-state index contributed by atoms with van der Waals surface area (Å²) in [7, 11) is -3.40. The number of ether oxygens (including phenoxy) is 1. The van der Waals surface area contributed by atoms with Crippen molar-refractivity contribution in [2.75, 3.05) is 17.6 Å². The van der Waals surface area contributed by atoms with Gasteiger partial charge in [-0.05, 0) is 0 Å². The standard InChI is InChI=1S/C15H12N2O6S/c1-23-10-6-9(17-24(20,21)22)11-12(13(10)16)15(19)8-5-3-2-4-7(8)14(11)18/h2-6,17H,16H2,1H3,(H,20,21,22). The van der Waals surface area contributed by atoms with Crippen LogP contribution in [-0.2, 0) is 10.3 Å². The molecule has 0 fully saturated rings. The molecule has 0 atom stereocenters. The van der Waals surface area contributed by atoms with E-state index in [9.17, 15) is 18.0 Å². The quantitative estimate of drug-likeness (QED) is 0.479. The molecule has 4 N–H and O–H groups in total. The smallest absolute Gasteiger partial charge is 0.357 e. The third kappa shape index (κ3) is 2.39. The van der Waals surface area contributed by atoms with Crippen LogP contribution in [0.1, 0.15) is 31.8 Å². The molecular weight excluding hydrogens is 336 g/mol. The van der Waals surface area contributed by atoms with Gasteiger partial charge in [-0.25, -0.2) is 0 Å². The van der Waals surface area contributed by atoms with Crippen LogP contribution >= 0.6 is 0 Å². The number of nitrogens with two attached hydrogens (primary N) is 1. The summed E-state index contributed by atoms with van der Waals surface area (Å²) < 4.78 is 38.3. The number of carbonyl (C=O) groups excluding carboxylic acids is 2. The van der Waals surface area contributed by atoms with Gasteiger partial charge in [-0.15, -0.1) is 0 Å². The summed E-state index contributed by atoms with van der Waals surface area (Å²) in [5, 5.41) is 0. The maximum Gasteiger partial charge on any atom is 0.357 e. The van der Waals surface area contributed by atoms with Crippen molar-refractivity contribution >= 4 is 33.2 Å². The van der Waals surface area contributed by atoms with E-state index in [1.807, 2.05) is 4.72 Å². The normalized spacial score (nSPS) is 13.2. The molecule has 0 spiro atoms. The Kier molecular flexibility index (Phi) is 3.54. The van der Waals surface area contributed by atoms with Gasteiger partial charge in [-0.1, -0.05) is 24.3 Å². The Labute approximate surface area is 137 Å². The van der Waals surface area contributed by atoms with Crippen LogP contribution < -0.4 is 15.2 Å². The van der Waals surface area contributed by atoms with Crippen molar-refractivity contribution in [2.24, 2.45) is 0 Å². The molecule has 0 unspecified atom stereocenters. The van der Waals surface area contributed by atoms with Gasteiger partial charge in [-0.3, -0.25) is 18.9 Å². The number of hydrogen-bond donors (Lipinski definition) is 3. The Hall–Kier alpha value is -2.91. The summed E-state index contributed by atoms with van der Waals surface area (Å²) >= 11 is 0. The summed E-state index contributed by atoms with van der Waals surface area (Å²) in [6, 6.07) is 7.25. The molecule has 0 bridgehead atoms. The number of benzene rings is 2. The highest BCUT2D eigenvalue weighted by Crippen LogP contribution is 2.40. The Morgan fingerprint density at radius 3 is 2.12 bits per heavy atom. The Bertz CT molecular complexity index is 997. The van der Waals surface area contributed by atoms with Gasteiger partial charge in [-0.2, -0.15) is 8.42 Å². The van der Waals surface area contributed by atoms with Crippen molar-refractivity contribution < 1.29 is 27.3 Å². The summed E-state index contributed by atoms with van der Waals surface area (Å²) in [6.07, 6.45) is 0. The van der Waals surface area contributed by atoms with Crippen molar-refractivity contribution in [2.45, 2.75) is 0 Å². The number of nitrogen functional groups attached to an aromatic ring is 1. The first-order valence-corrected chi connectivity index (χ1v) is 8.12. The predicted octanol–water partition coefficient (Wildman–Crippen LogP) is 1.27. The molecule has 0 radical (unpaired) electrons. The minimum atomic E-state index is -4.68. The summed E-state index contributed by atoms with van der Waals surface area (Å²) in [4.78, 5) is 25.5. The molecule has 24 heavy (non-hydrogen) atoms. The number of ketones is 2. The number of nitrogens with one attached hydrogen (secondary N) is 1. The van der Waals surface area contributed by atoms with E-state index in [4.69, 9.17) is 15.0 Å². The van der Waals surface area contributed by atoms with Crippen molar-refractivity contribution in [1.82, 2.24) is 0 Å². The lowest BCUT2D eigenvalue weighted by atomic mass is 9.82. The Morgan fingerprint density at radius 2 is 1.62 bits per heavy atom. The maximum absolute atomic E-state index is 12.7. The fraction of sp³-hybridized carbons (Fsp3) is 0.0667. The molecule has 8 nitrogen and oxygen atoms in total. The van der Waals surface area contributed by atoms with Crippen LogP contribution in [0.3, 0.4) is 0 Å². The minimum absolute atomic E-state index is 0.000399. The highest BCUT2D eigenvalue weighted by atomic mass is 32.2. The third-order valence-electron chi connectivity index (χ3n) is 3.66. The van der Waals surface area contributed by atoms with Crippen molar-refractivity contribution in [1.29, 1.82) is 0 Å². The maximum atomic E-state index is 12.7.